The van der Waals surface area contributed by atoms with Gasteiger partial charge < -0.3 is 9.94 Å². The van der Waals surface area contributed by atoms with Crippen LogP contribution in [0.1, 0.15) is 15.9 Å². The minimum atomic E-state index is -0.683. The van der Waals surface area contributed by atoms with Crippen molar-refractivity contribution < 1.29 is 18.7 Å². The number of hydrogen-bond acceptors (Lipinski definition) is 3. The zero-order valence-corrected chi connectivity index (χ0v) is 10.6. The smallest absolute Gasteiger partial charge is 0.273 e. The average Bonchev–Trinajstić information content (AvgIpc) is 2.72. The van der Waals surface area contributed by atoms with Gasteiger partial charge in [0.05, 0.1) is 12.7 Å². The van der Waals surface area contributed by atoms with E-state index in [2.05, 4.69) is 0 Å². The number of halogens is 1. The van der Waals surface area contributed by atoms with Gasteiger partial charge in [-0.25, -0.2) is 4.39 Å². The first-order valence-corrected chi connectivity index (χ1v) is 5.95. The van der Waals surface area contributed by atoms with Gasteiger partial charge in [0.1, 0.15) is 17.1 Å². The van der Waals surface area contributed by atoms with Crippen molar-refractivity contribution in [1.82, 2.24) is 0 Å². The monoisotopic (exact) mass is 271 g/mol. The van der Waals surface area contributed by atoms with Crippen molar-refractivity contribution in [3.8, 4) is 5.75 Å². The van der Waals surface area contributed by atoms with Gasteiger partial charge in [-0.3, -0.25) is 4.79 Å². The number of ketones is 1. The fraction of sp³-hybridized carbons (Fsp3) is 0.0667. The highest BCUT2D eigenvalue weighted by Crippen LogP contribution is 2.30. The van der Waals surface area contributed by atoms with Gasteiger partial charge in [0, 0.05) is 6.07 Å². The Morgan fingerprint density at radius 1 is 1.15 bits per heavy atom. The van der Waals surface area contributed by atoms with Gasteiger partial charge in [-0.15, -0.1) is 0 Å². The first kappa shape index (κ1) is 12.3. The molecule has 0 saturated heterocycles. The second-order valence-electron chi connectivity index (χ2n) is 4.33. The van der Waals surface area contributed by atoms with E-state index in [1.807, 2.05) is 0 Å². The molecular formula is C15H10FNO3. The van der Waals surface area contributed by atoms with Crippen molar-refractivity contribution in [2.45, 2.75) is 0 Å². The van der Waals surface area contributed by atoms with E-state index in [1.165, 1.54) is 25.3 Å². The van der Waals surface area contributed by atoms with Gasteiger partial charge in [0.15, 0.2) is 0 Å². The zero-order chi connectivity index (χ0) is 14.3. The summed E-state index contributed by atoms with van der Waals surface area (Å²) in [6, 6.07) is 10.5. The molecule has 1 heterocycles. The first-order valence-electron chi connectivity index (χ1n) is 5.95. The van der Waals surface area contributed by atoms with Crippen molar-refractivity contribution in [1.29, 1.82) is 0 Å². The minimum Gasteiger partial charge on any atom is -0.618 e. The van der Waals surface area contributed by atoms with Crippen LogP contribution in [-0.4, -0.2) is 23.3 Å². The van der Waals surface area contributed by atoms with E-state index in [0.29, 0.717) is 16.1 Å². The molecule has 1 aliphatic heterocycles. The Balaban J connectivity index is 2.14. The molecule has 100 valence electrons. The summed E-state index contributed by atoms with van der Waals surface area (Å²) in [7, 11) is 1.52. The highest BCUT2D eigenvalue weighted by molar-refractivity contribution is 6.52. The number of rotatable bonds is 2. The molecule has 0 atom stereocenters. The Morgan fingerprint density at radius 3 is 2.45 bits per heavy atom. The summed E-state index contributed by atoms with van der Waals surface area (Å²) in [4.78, 5) is 12.2. The van der Waals surface area contributed by atoms with Crippen LogP contribution in [0.25, 0.3) is 0 Å². The van der Waals surface area contributed by atoms with Crippen LogP contribution in [0, 0.1) is 11.0 Å². The molecule has 1 aliphatic rings. The predicted octanol–water partition coefficient (Wildman–Crippen LogP) is 2.66. The molecule has 0 radical (unpaired) electrons. The number of Topliss-reactive ketones (excluding diaryl/α,β-unsaturated/α-hetero) is 1. The Bertz CT molecular complexity index is 735. The van der Waals surface area contributed by atoms with Gasteiger partial charge in [-0.05, 0) is 30.3 Å². The second kappa shape index (κ2) is 4.45. The maximum atomic E-state index is 13.7. The number of methoxy groups -OCH3 is 1. The van der Waals surface area contributed by atoms with Crippen molar-refractivity contribution in [2.75, 3.05) is 7.11 Å². The topological polar surface area (TPSA) is 52.4 Å². The lowest BCUT2D eigenvalue weighted by molar-refractivity contribution is -0.355. The van der Waals surface area contributed by atoms with Gasteiger partial charge in [-0.2, -0.15) is 4.74 Å². The van der Waals surface area contributed by atoms with Gasteiger partial charge in [-0.1, -0.05) is 6.07 Å². The second-order valence-corrected chi connectivity index (χ2v) is 4.33. The highest BCUT2D eigenvalue weighted by atomic mass is 19.1. The van der Waals surface area contributed by atoms with Crippen LogP contribution in [0.2, 0.25) is 0 Å². The molecule has 0 aliphatic carbocycles. The lowest BCUT2D eigenvalue weighted by Crippen LogP contribution is -2.16. The summed E-state index contributed by atoms with van der Waals surface area (Å²) in [5.74, 6) is -0.670. The normalized spacial score (nSPS) is 13.6. The van der Waals surface area contributed by atoms with Crippen LogP contribution < -0.4 is 4.74 Å². The van der Waals surface area contributed by atoms with Crippen molar-refractivity contribution >= 4 is 17.2 Å². The molecule has 0 unspecified atom stereocenters. The maximum absolute atomic E-state index is 13.7. The lowest BCUT2D eigenvalue weighted by atomic mass is 10.0. The van der Waals surface area contributed by atoms with Crippen LogP contribution in [0.15, 0.2) is 42.5 Å². The Hall–Kier alpha value is -2.69. The molecule has 20 heavy (non-hydrogen) atoms. The van der Waals surface area contributed by atoms with Crippen molar-refractivity contribution in [3.63, 3.8) is 0 Å². The van der Waals surface area contributed by atoms with Crippen molar-refractivity contribution in [3.05, 3.63) is 64.6 Å². The molecule has 0 N–H and O–H groups in total. The third-order valence-electron chi connectivity index (χ3n) is 3.22. The molecule has 0 amide bonds. The van der Waals surface area contributed by atoms with Gasteiger partial charge >= 0.3 is 0 Å². The highest BCUT2D eigenvalue weighted by Gasteiger charge is 2.38. The number of nitrogens with zero attached hydrogens (tertiary/aromatic N) is 1. The zero-order valence-electron chi connectivity index (χ0n) is 10.6. The third-order valence-corrected chi connectivity index (χ3v) is 3.22. The summed E-state index contributed by atoms with van der Waals surface area (Å²) in [6.07, 6.45) is 0. The standard InChI is InChI=1S/C15H10FNO3/c1-20-10-7-5-9(6-8-10)14-15(18)13-11(16)3-2-4-12(13)17(14)19/h2-8H,1H3. The van der Waals surface area contributed by atoms with Gasteiger partial charge in [0.2, 0.25) is 5.69 Å². The molecule has 0 spiro atoms. The summed E-state index contributed by atoms with van der Waals surface area (Å²) in [5, 5.41) is 12.2. The van der Waals surface area contributed by atoms with E-state index < -0.39 is 11.6 Å². The van der Waals surface area contributed by atoms with Crippen LogP contribution in [0.3, 0.4) is 0 Å². The Morgan fingerprint density at radius 2 is 1.85 bits per heavy atom. The molecule has 0 bridgehead atoms. The maximum Gasteiger partial charge on any atom is 0.273 e. The molecule has 3 rings (SSSR count). The van der Waals surface area contributed by atoms with E-state index in [-0.39, 0.29) is 17.0 Å². The predicted molar refractivity (Wildman–Crippen MR) is 71.1 cm³/mol. The third kappa shape index (κ3) is 1.67. The summed E-state index contributed by atoms with van der Waals surface area (Å²) < 4.78 is 19.2. The Labute approximate surface area is 114 Å². The van der Waals surface area contributed by atoms with E-state index in [4.69, 9.17) is 4.74 Å². The lowest BCUT2D eigenvalue weighted by Gasteiger charge is -2.03. The van der Waals surface area contributed by atoms with E-state index in [0.717, 1.165) is 0 Å². The quantitative estimate of drug-likeness (QED) is 0.623. The van der Waals surface area contributed by atoms with Crippen LogP contribution in [0.5, 0.6) is 5.75 Å². The number of benzene rings is 2. The molecule has 4 nitrogen and oxygen atoms in total. The van der Waals surface area contributed by atoms with E-state index in [1.54, 1.807) is 24.3 Å². The molecule has 0 saturated carbocycles. The number of ether oxygens (including phenoxy) is 1. The summed E-state index contributed by atoms with van der Waals surface area (Å²) in [5.41, 5.74) is 0.225. The average molecular weight is 271 g/mol. The number of fused-ring (bicyclic) bond motifs is 1. The fourth-order valence-electron chi connectivity index (χ4n) is 2.24. The first-order chi connectivity index (χ1) is 9.63. The van der Waals surface area contributed by atoms with Crippen molar-refractivity contribution in [2.24, 2.45) is 0 Å². The SMILES string of the molecule is COc1ccc(C2=[N+]([O-])c3cccc(F)c3C2=O)cc1. The fourth-order valence-corrected chi connectivity index (χ4v) is 2.24. The number of hydrogen-bond donors (Lipinski definition) is 0. The summed E-state index contributed by atoms with van der Waals surface area (Å²) in [6.45, 7) is 0. The van der Waals surface area contributed by atoms with E-state index in [9.17, 15) is 14.4 Å². The Kier molecular flexibility index (Phi) is 2.75. The minimum absolute atomic E-state index is 0.0424. The molecule has 5 heteroatoms. The summed E-state index contributed by atoms with van der Waals surface area (Å²) >= 11 is 0. The molecule has 2 aromatic carbocycles. The molecular weight excluding hydrogens is 261 g/mol. The van der Waals surface area contributed by atoms with Gasteiger partial charge in [0.25, 0.3) is 11.5 Å². The molecule has 0 fully saturated rings. The molecule has 2 aromatic rings. The molecule has 0 aromatic heterocycles. The van der Waals surface area contributed by atoms with E-state index >= 15 is 0 Å². The van der Waals surface area contributed by atoms with Crippen LogP contribution in [0.4, 0.5) is 10.1 Å². The number of carbonyl (C=O) groups excluding carboxylic acids is 1. The van der Waals surface area contributed by atoms with Crippen LogP contribution >= 0.6 is 0 Å². The van der Waals surface area contributed by atoms with Crippen LogP contribution in [-0.2, 0) is 0 Å². The largest absolute Gasteiger partial charge is 0.618 e. The number of carbonyl (C=O) groups is 1.